The van der Waals surface area contributed by atoms with Gasteiger partial charge in [0, 0.05) is 25.6 Å². The molecule has 2 heteroatoms. The summed E-state index contributed by atoms with van der Waals surface area (Å²) in [4.78, 5) is 0. The van der Waals surface area contributed by atoms with Gasteiger partial charge in [0.1, 0.15) is 0 Å². The summed E-state index contributed by atoms with van der Waals surface area (Å²) in [6, 6.07) is 0.406. The molecule has 64 valence electrons. The second-order valence-electron chi connectivity index (χ2n) is 2.99. The van der Waals surface area contributed by atoms with E-state index in [2.05, 4.69) is 25.1 Å². The van der Waals surface area contributed by atoms with Crippen molar-refractivity contribution in [2.45, 2.75) is 26.3 Å². The molecular weight excluding hydrogens is 136 g/mol. The average Bonchev–Trinajstić information content (AvgIpc) is 1.97. The van der Waals surface area contributed by atoms with Crippen LogP contribution < -0.4 is 11.1 Å². The first-order valence-corrected chi connectivity index (χ1v) is 4.09. The number of hydrogen-bond donors (Lipinski definition) is 2. The van der Waals surface area contributed by atoms with E-state index in [1.54, 1.807) is 0 Å². The van der Waals surface area contributed by atoms with Crippen LogP contribution in [0.4, 0.5) is 0 Å². The second-order valence-corrected chi connectivity index (χ2v) is 2.99. The van der Waals surface area contributed by atoms with Crippen LogP contribution in [0, 0.1) is 18.3 Å². The van der Waals surface area contributed by atoms with Crippen molar-refractivity contribution in [1.29, 1.82) is 0 Å². The van der Waals surface area contributed by atoms with Gasteiger partial charge in [-0.3, -0.25) is 0 Å². The third-order valence-electron chi connectivity index (χ3n) is 1.73. The topological polar surface area (TPSA) is 38.0 Å². The molecule has 0 heterocycles. The van der Waals surface area contributed by atoms with Gasteiger partial charge in [-0.05, 0) is 5.92 Å². The molecule has 0 spiro atoms. The van der Waals surface area contributed by atoms with Gasteiger partial charge in [0.05, 0.1) is 0 Å². The van der Waals surface area contributed by atoms with E-state index in [1.807, 2.05) is 0 Å². The lowest BCUT2D eigenvalue weighted by Gasteiger charge is -2.19. The summed E-state index contributed by atoms with van der Waals surface area (Å²) in [5.74, 6) is 3.16. The van der Waals surface area contributed by atoms with E-state index >= 15 is 0 Å². The molecule has 0 saturated heterocycles. The molecule has 0 aliphatic carbocycles. The molecule has 0 aliphatic rings. The fourth-order valence-corrected chi connectivity index (χ4v) is 0.921. The Labute approximate surface area is 69.5 Å². The molecular formula is C9H18N2. The summed E-state index contributed by atoms with van der Waals surface area (Å²) in [5, 5.41) is 3.30. The molecule has 0 rings (SSSR count). The van der Waals surface area contributed by atoms with Crippen LogP contribution in [0.1, 0.15) is 20.3 Å². The van der Waals surface area contributed by atoms with Crippen molar-refractivity contribution >= 4 is 0 Å². The molecule has 0 aromatic rings. The van der Waals surface area contributed by atoms with Gasteiger partial charge in [-0.2, -0.15) is 0 Å². The molecule has 0 aromatic heterocycles. The van der Waals surface area contributed by atoms with E-state index in [-0.39, 0.29) is 0 Å². The number of hydrogen-bond acceptors (Lipinski definition) is 2. The van der Waals surface area contributed by atoms with E-state index in [9.17, 15) is 0 Å². The lowest BCUT2D eigenvalue weighted by Crippen LogP contribution is -2.40. The highest BCUT2D eigenvalue weighted by Crippen LogP contribution is 1.98. The van der Waals surface area contributed by atoms with Crippen LogP contribution in [0.3, 0.4) is 0 Å². The van der Waals surface area contributed by atoms with Gasteiger partial charge in [0.2, 0.25) is 0 Å². The molecule has 0 aromatic carbocycles. The predicted molar refractivity (Wildman–Crippen MR) is 49.1 cm³/mol. The van der Waals surface area contributed by atoms with Crippen LogP contribution in [0.25, 0.3) is 0 Å². The van der Waals surface area contributed by atoms with Gasteiger partial charge in [-0.25, -0.2) is 0 Å². The lowest BCUT2D eigenvalue weighted by molar-refractivity contribution is 0.411. The summed E-state index contributed by atoms with van der Waals surface area (Å²) >= 11 is 0. The minimum atomic E-state index is 0.406. The van der Waals surface area contributed by atoms with Crippen molar-refractivity contribution in [3.05, 3.63) is 0 Å². The molecule has 0 radical (unpaired) electrons. The van der Waals surface area contributed by atoms with E-state index in [1.165, 1.54) is 0 Å². The van der Waals surface area contributed by atoms with Gasteiger partial charge in [-0.15, -0.1) is 12.3 Å². The number of terminal acetylenes is 1. The standard InChI is InChI=1S/C9H18N2/c1-4-5-6-11-9(7-10)8(2)3/h1,8-9,11H,5-7,10H2,2-3H3. The lowest BCUT2D eigenvalue weighted by atomic mass is 10.0. The second kappa shape index (κ2) is 6.21. The summed E-state index contributed by atoms with van der Waals surface area (Å²) in [5.41, 5.74) is 5.54. The Morgan fingerprint density at radius 1 is 1.55 bits per heavy atom. The zero-order valence-corrected chi connectivity index (χ0v) is 7.43. The van der Waals surface area contributed by atoms with Gasteiger partial charge >= 0.3 is 0 Å². The molecule has 11 heavy (non-hydrogen) atoms. The Balaban J connectivity index is 3.46. The Morgan fingerprint density at radius 3 is 2.55 bits per heavy atom. The zero-order chi connectivity index (χ0) is 8.69. The monoisotopic (exact) mass is 154 g/mol. The van der Waals surface area contributed by atoms with Gasteiger partial charge < -0.3 is 11.1 Å². The van der Waals surface area contributed by atoms with Crippen molar-refractivity contribution in [1.82, 2.24) is 5.32 Å². The van der Waals surface area contributed by atoms with Crippen molar-refractivity contribution in [3.63, 3.8) is 0 Å². The number of nitrogens with two attached hydrogens (primary N) is 1. The van der Waals surface area contributed by atoms with Crippen molar-refractivity contribution < 1.29 is 0 Å². The Morgan fingerprint density at radius 2 is 2.18 bits per heavy atom. The van der Waals surface area contributed by atoms with E-state index in [4.69, 9.17) is 12.2 Å². The maximum absolute atomic E-state index is 5.54. The maximum Gasteiger partial charge on any atom is 0.0213 e. The summed E-state index contributed by atoms with van der Waals surface area (Å²) in [6.45, 7) is 5.86. The maximum atomic E-state index is 5.54. The zero-order valence-electron chi connectivity index (χ0n) is 7.43. The molecule has 3 N–H and O–H groups in total. The summed E-state index contributed by atoms with van der Waals surface area (Å²) in [6.07, 6.45) is 5.89. The first-order valence-electron chi connectivity index (χ1n) is 4.09. The van der Waals surface area contributed by atoms with Crippen LogP contribution in [0.15, 0.2) is 0 Å². The molecule has 0 saturated carbocycles. The van der Waals surface area contributed by atoms with Crippen LogP contribution in [0.2, 0.25) is 0 Å². The Kier molecular flexibility index (Phi) is 5.91. The molecule has 2 nitrogen and oxygen atoms in total. The highest BCUT2D eigenvalue weighted by molar-refractivity contribution is 4.85. The highest BCUT2D eigenvalue weighted by Gasteiger charge is 2.08. The first kappa shape index (κ1) is 10.5. The third kappa shape index (κ3) is 4.83. The minimum absolute atomic E-state index is 0.406. The number of rotatable bonds is 5. The van der Waals surface area contributed by atoms with E-state index in [0.29, 0.717) is 18.5 Å². The van der Waals surface area contributed by atoms with E-state index < -0.39 is 0 Å². The van der Waals surface area contributed by atoms with Gasteiger partial charge in [0.25, 0.3) is 0 Å². The van der Waals surface area contributed by atoms with Crippen LogP contribution >= 0.6 is 0 Å². The van der Waals surface area contributed by atoms with Crippen molar-refractivity contribution in [2.75, 3.05) is 13.1 Å². The molecule has 0 bridgehead atoms. The highest BCUT2D eigenvalue weighted by atomic mass is 14.9. The van der Waals surface area contributed by atoms with Gasteiger partial charge in [-0.1, -0.05) is 13.8 Å². The Bertz CT molecular complexity index is 124. The minimum Gasteiger partial charge on any atom is -0.329 e. The quantitative estimate of drug-likeness (QED) is 0.449. The van der Waals surface area contributed by atoms with Crippen molar-refractivity contribution in [2.24, 2.45) is 11.7 Å². The first-order chi connectivity index (χ1) is 5.22. The smallest absolute Gasteiger partial charge is 0.0213 e. The Hall–Kier alpha value is -0.520. The van der Waals surface area contributed by atoms with Crippen LogP contribution in [0.5, 0.6) is 0 Å². The molecule has 1 unspecified atom stereocenters. The third-order valence-corrected chi connectivity index (χ3v) is 1.73. The van der Waals surface area contributed by atoms with Crippen LogP contribution in [-0.4, -0.2) is 19.1 Å². The molecule has 1 atom stereocenters. The molecule has 0 aliphatic heterocycles. The molecule has 0 amide bonds. The predicted octanol–water partition coefficient (Wildman–Crippen LogP) is 0.583. The fraction of sp³-hybridized carbons (Fsp3) is 0.778. The summed E-state index contributed by atoms with van der Waals surface area (Å²) in [7, 11) is 0. The SMILES string of the molecule is C#CCCNC(CN)C(C)C. The average molecular weight is 154 g/mol. The summed E-state index contributed by atoms with van der Waals surface area (Å²) < 4.78 is 0. The molecule has 0 fully saturated rings. The van der Waals surface area contributed by atoms with Crippen molar-refractivity contribution in [3.8, 4) is 12.3 Å². The van der Waals surface area contributed by atoms with Gasteiger partial charge in [0.15, 0.2) is 0 Å². The van der Waals surface area contributed by atoms with E-state index in [0.717, 1.165) is 13.0 Å². The van der Waals surface area contributed by atoms with Crippen LogP contribution in [-0.2, 0) is 0 Å². The fourth-order valence-electron chi connectivity index (χ4n) is 0.921. The largest absolute Gasteiger partial charge is 0.329 e. The number of nitrogens with one attached hydrogen (secondary N) is 1. The normalized spacial score (nSPS) is 13.0.